The summed E-state index contributed by atoms with van der Waals surface area (Å²) in [6.07, 6.45) is 1.30. The molecule has 11 heteroatoms. The normalized spacial score (nSPS) is 13.0. The van der Waals surface area contributed by atoms with Crippen LogP contribution in [-0.2, 0) is 32.6 Å². The van der Waals surface area contributed by atoms with Crippen LogP contribution in [0.5, 0.6) is 11.5 Å². The molecule has 1 aliphatic heterocycles. The van der Waals surface area contributed by atoms with Crippen LogP contribution >= 0.6 is 15.9 Å². The van der Waals surface area contributed by atoms with Gasteiger partial charge in [0.15, 0.2) is 11.5 Å². The topological polar surface area (TPSA) is 105 Å². The Bertz CT molecular complexity index is 1420. The zero-order valence-corrected chi connectivity index (χ0v) is 24.1. The Morgan fingerprint density at radius 1 is 0.974 bits per heavy atom. The number of likely N-dealkylation sites (N-methyl/N-ethyl adjacent to an activating group) is 1. The van der Waals surface area contributed by atoms with E-state index in [1.54, 1.807) is 12.1 Å². The Kier molecular flexibility index (Phi) is 9.13. The summed E-state index contributed by atoms with van der Waals surface area (Å²) in [4.78, 5) is 28.8. The van der Waals surface area contributed by atoms with E-state index >= 15 is 0 Å². The minimum absolute atomic E-state index is 0.0330. The van der Waals surface area contributed by atoms with Gasteiger partial charge >= 0.3 is 0 Å². The number of benzene rings is 3. The van der Waals surface area contributed by atoms with Crippen LogP contribution in [0, 0.1) is 0 Å². The van der Waals surface area contributed by atoms with Crippen LogP contribution in [0.15, 0.2) is 77.3 Å². The predicted octanol–water partition coefficient (Wildman–Crippen LogP) is 3.72. The number of nitrogens with zero attached hydrogens (tertiary/aromatic N) is 2. The lowest BCUT2D eigenvalue weighted by atomic mass is 10.0. The van der Waals surface area contributed by atoms with Crippen molar-refractivity contribution in [1.82, 2.24) is 10.2 Å². The van der Waals surface area contributed by atoms with Gasteiger partial charge < -0.3 is 19.7 Å². The monoisotopic (exact) mass is 615 g/mol. The number of carbonyl (C=O) groups is 2. The maximum atomic E-state index is 14.0. The van der Waals surface area contributed by atoms with E-state index in [0.717, 1.165) is 26.2 Å². The number of nitrogens with one attached hydrogen (secondary N) is 1. The largest absolute Gasteiger partial charge is 0.454 e. The summed E-state index contributed by atoms with van der Waals surface area (Å²) >= 11 is 3.42. The predicted molar refractivity (Wildman–Crippen MR) is 152 cm³/mol. The van der Waals surface area contributed by atoms with Crippen molar-refractivity contribution in [2.75, 3.05) is 30.4 Å². The highest BCUT2D eigenvalue weighted by Crippen LogP contribution is 2.36. The van der Waals surface area contributed by atoms with Gasteiger partial charge in [0.25, 0.3) is 0 Å². The summed E-state index contributed by atoms with van der Waals surface area (Å²) in [7, 11) is -3.87. The molecule has 3 aromatic carbocycles. The number of hydrogen-bond acceptors (Lipinski definition) is 6. The highest BCUT2D eigenvalue weighted by atomic mass is 79.9. The molecule has 1 heterocycles. The van der Waals surface area contributed by atoms with Crippen molar-refractivity contribution < 1.29 is 27.5 Å². The van der Waals surface area contributed by atoms with Crippen LogP contribution in [0.2, 0.25) is 0 Å². The van der Waals surface area contributed by atoms with E-state index in [4.69, 9.17) is 9.47 Å². The first kappa shape index (κ1) is 28.4. The number of rotatable bonds is 11. The fourth-order valence-electron chi connectivity index (χ4n) is 4.29. The van der Waals surface area contributed by atoms with Gasteiger partial charge in [0.1, 0.15) is 12.6 Å². The number of amides is 2. The first-order valence-electron chi connectivity index (χ1n) is 12.4. The number of ether oxygens (including phenoxy) is 2. The van der Waals surface area contributed by atoms with Gasteiger partial charge in [-0.25, -0.2) is 8.42 Å². The maximum Gasteiger partial charge on any atom is 0.244 e. The number of fused-ring (bicyclic) bond motifs is 1. The van der Waals surface area contributed by atoms with Crippen molar-refractivity contribution in [1.29, 1.82) is 0 Å². The van der Waals surface area contributed by atoms with Crippen molar-refractivity contribution in [2.24, 2.45) is 0 Å². The minimum Gasteiger partial charge on any atom is -0.454 e. The fraction of sp³-hybridized carbons (Fsp3) is 0.286. The van der Waals surface area contributed by atoms with Gasteiger partial charge in [0, 0.05) is 30.0 Å². The summed E-state index contributed by atoms with van der Waals surface area (Å²) in [5, 5.41) is 2.84. The Morgan fingerprint density at radius 2 is 1.67 bits per heavy atom. The Balaban J connectivity index is 1.71. The minimum atomic E-state index is -3.87. The molecule has 0 spiro atoms. The molecule has 0 aliphatic carbocycles. The molecule has 39 heavy (non-hydrogen) atoms. The highest BCUT2D eigenvalue weighted by Gasteiger charge is 2.33. The van der Waals surface area contributed by atoms with Gasteiger partial charge in [-0.3, -0.25) is 13.9 Å². The van der Waals surface area contributed by atoms with Gasteiger partial charge in [-0.1, -0.05) is 58.4 Å². The van der Waals surface area contributed by atoms with Crippen LogP contribution in [0.4, 0.5) is 5.69 Å². The number of hydrogen-bond donors (Lipinski definition) is 1. The molecular formula is C28H30BrN3O6S. The van der Waals surface area contributed by atoms with Crippen molar-refractivity contribution in [3.63, 3.8) is 0 Å². The molecule has 0 fully saturated rings. The molecule has 0 saturated heterocycles. The van der Waals surface area contributed by atoms with Crippen molar-refractivity contribution in [3.8, 4) is 11.5 Å². The molecule has 9 nitrogen and oxygen atoms in total. The van der Waals surface area contributed by atoms with Gasteiger partial charge in [-0.2, -0.15) is 0 Å². The lowest BCUT2D eigenvalue weighted by Gasteiger charge is -2.33. The summed E-state index contributed by atoms with van der Waals surface area (Å²) in [5.74, 6) is 0.0492. The third-order valence-electron chi connectivity index (χ3n) is 6.21. The fourth-order valence-corrected chi connectivity index (χ4v) is 5.39. The molecule has 0 unspecified atom stereocenters. The molecule has 0 saturated carbocycles. The molecule has 2 amide bonds. The van der Waals surface area contributed by atoms with E-state index in [9.17, 15) is 18.0 Å². The van der Waals surface area contributed by atoms with Crippen LogP contribution in [0.1, 0.15) is 18.1 Å². The van der Waals surface area contributed by atoms with Crippen molar-refractivity contribution in [2.45, 2.75) is 25.9 Å². The summed E-state index contributed by atoms with van der Waals surface area (Å²) in [6, 6.07) is 20.6. The molecule has 0 radical (unpaired) electrons. The summed E-state index contributed by atoms with van der Waals surface area (Å²) in [6.45, 7) is 1.84. The average molecular weight is 617 g/mol. The molecule has 1 aliphatic rings. The second-order valence-corrected chi connectivity index (χ2v) is 11.9. The third kappa shape index (κ3) is 7.30. The zero-order chi connectivity index (χ0) is 28.0. The standard InChI is InChI=1S/C28H30BrN3O6S/c1-3-30-28(34)24(15-20-7-5-4-6-8-20)31(17-21-9-11-22(29)12-10-21)27(33)18-32(39(2,35)36)23-13-14-25-26(16-23)38-19-37-25/h4-14,16,24H,3,15,17-19H2,1-2H3,(H,30,34)/t24-/m0/s1. The Morgan fingerprint density at radius 3 is 2.33 bits per heavy atom. The molecule has 1 N–H and O–H groups in total. The molecule has 0 aromatic heterocycles. The number of halogens is 1. The lowest BCUT2D eigenvalue weighted by Crippen LogP contribution is -2.53. The maximum absolute atomic E-state index is 14.0. The van der Waals surface area contributed by atoms with Gasteiger partial charge in [0.2, 0.25) is 28.6 Å². The Labute approximate surface area is 236 Å². The SMILES string of the molecule is CCNC(=O)[C@H](Cc1ccccc1)N(Cc1ccc(Br)cc1)C(=O)CN(c1ccc2c(c1)OCO2)S(C)(=O)=O. The van der Waals surface area contributed by atoms with Crippen LogP contribution in [0.3, 0.4) is 0 Å². The summed E-state index contributed by atoms with van der Waals surface area (Å²) < 4.78 is 38.4. The molecule has 4 rings (SSSR count). The lowest BCUT2D eigenvalue weighted by molar-refractivity contribution is -0.140. The second kappa shape index (κ2) is 12.5. The quantitative estimate of drug-likeness (QED) is 0.352. The van der Waals surface area contributed by atoms with E-state index in [1.165, 1.54) is 11.0 Å². The molecular weight excluding hydrogens is 586 g/mol. The molecule has 3 aromatic rings. The third-order valence-corrected chi connectivity index (χ3v) is 7.88. The number of anilines is 1. The van der Waals surface area contributed by atoms with Crippen molar-refractivity contribution in [3.05, 3.63) is 88.4 Å². The van der Waals surface area contributed by atoms with Gasteiger partial charge in [0.05, 0.1) is 11.9 Å². The number of sulfonamides is 1. The average Bonchev–Trinajstić information content (AvgIpc) is 3.38. The first-order chi connectivity index (χ1) is 18.7. The van der Waals surface area contributed by atoms with E-state index in [2.05, 4.69) is 21.2 Å². The van der Waals surface area contributed by atoms with Gasteiger partial charge in [-0.15, -0.1) is 0 Å². The zero-order valence-electron chi connectivity index (χ0n) is 21.7. The molecule has 206 valence electrons. The summed E-state index contributed by atoms with van der Waals surface area (Å²) in [5.41, 5.74) is 1.93. The van der Waals surface area contributed by atoms with E-state index in [0.29, 0.717) is 18.0 Å². The van der Waals surface area contributed by atoms with Crippen LogP contribution in [0.25, 0.3) is 0 Å². The van der Waals surface area contributed by atoms with E-state index in [1.807, 2.05) is 61.5 Å². The van der Waals surface area contributed by atoms with E-state index < -0.39 is 28.5 Å². The molecule has 1 atom stereocenters. The second-order valence-electron chi connectivity index (χ2n) is 9.06. The van der Waals surface area contributed by atoms with Crippen molar-refractivity contribution >= 4 is 43.5 Å². The van der Waals surface area contributed by atoms with Crippen LogP contribution < -0.4 is 19.1 Å². The highest BCUT2D eigenvalue weighted by molar-refractivity contribution is 9.10. The smallest absolute Gasteiger partial charge is 0.244 e. The number of carbonyl (C=O) groups excluding carboxylic acids is 2. The first-order valence-corrected chi connectivity index (χ1v) is 15.0. The Hall–Kier alpha value is -3.57. The molecule has 0 bridgehead atoms. The van der Waals surface area contributed by atoms with E-state index in [-0.39, 0.29) is 31.4 Å². The van der Waals surface area contributed by atoms with Gasteiger partial charge in [-0.05, 0) is 42.3 Å². The van der Waals surface area contributed by atoms with Crippen LogP contribution in [-0.4, -0.2) is 57.3 Å².